The minimum Gasteiger partial charge on any atom is -0.306 e. The summed E-state index contributed by atoms with van der Waals surface area (Å²) in [7, 11) is 0. The second-order valence-electron chi connectivity index (χ2n) is 7.97. The van der Waals surface area contributed by atoms with Gasteiger partial charge in [0, 0.05) is 24.5 Å². The van der Waals surface area contributed by atoms with Crippen LogP contribution in [0, 0.1) is 0 Å². The fourth-order valence-electron chi connectivity index (χ4n) is 4.10. The summed E-state index contributed by atoms with van der Waals surface area (Å²) in [5, 5.41) is 0. The third-order valence-corrected chi connectivity index (χ3v) is 5.98. The molecule has 2 amide bonds. The van der Waals surface area contributed by atoms with Gasteiger partial charge in [0.1, 0.15) is 0 Å². The molecule has 0 N–H and O–H groups in total. The first-order chi connectivity index (χ1) is 15.7. The standard InChI is InChI=1S/C22H16F8N2O2/c23-19(24,17(33)31-11-9-13-5-1-3-7-15(13)31)21(27,28)22(29,30)20(25,26)18(34)32-12-10-14-6-2-4-8-16(14)32/h1-8H,9-12H2. The predicted octanol–water partition coefficient (Wildman–Crippen LogP) is 4.71. The Labute approximate surface area is 187 Å². The summed E-state index contributed by atoms with van der Waals surface area (Å²) < 4.78 is 116. The molecule has 0 atom stereocenters. The molecule has 0 unspecified atom stereocenters. The molecule has 4 nitrogen and oxygen atoms in total. The first-order valence-electron chi connectivity index (χ1n) is 10.1. The number of benzene rings is 2. The lowest BCUT2D eigenvalue weighted by molar-refractivity contribution is -0.346. The van der Waals surface area contributed by atoms with E-state index in [0.29, 0.717) is 11.1 Å². The van der Waals surface area contributed by atoms with Gasteiger partial charge in [0.15, 0.2) is 0 Å². The molecule has 0 radical (unpaired) electrons. The largest absolute Gasteiger partial charge is 0.393 e. The van der Waals surface area contributed by atoms with Crippen LogP contribution in [0.1, 0.15) is 11.1 Å². The van der Waals surface area contributed by atoms with Crippen molar-refractivity contribution >= 4 is 23.2 Å². The Morgan fingerprint density at radius 1 is 0.588 bits per heavy atom. The highest BCUT2D eigenvalue weighted by molar-refractivity contribution is 6.02. The monoisotopic (exact) mass is 492 g/mol. The van der Waals surface area contributed by atoms with Crippen molar-refractivity contribution in [2.24, 2.45) is 0 Å². The van der Waals surface area contributed by atoms with Crippen molar-refractivity contribution in [1.82, 2.24) is 0 Å². The third-order valence-electron chi connectivity index (χ3n) is 5.98. The van der Waals surface area contributed by atoms with Crippen molar-refractivity contribution in [3.63, 3.8) is 0 Å². The highest BCUT2D eigenvalue weighted by Crippen LogP contribution is 2.54. The number of carbonyl (C=O) groups is 2. The summed E-state index contributed by atoms with van der Waals surface area (Å²) in [6, 6.07) is 10.7. The maximum Gasteiger partial charge on any atom is 0.393 e. The van der Waals surface area contributed by atoms with E-state index in [-0.39, 0.29) is 34.0 Å². The van der Waals surface area contributed by atoms with E-state index in [4.69, 9.17) is 0 Å². The minimum atomic E-state index is -6.90. The van der Waals surface area contributed by atoms with Gasteiger partial charge in [-0.1, -0.05) is 36.4 Å². The molecule has 34 heavy (non-hydrogen) atoms. The summed E-state index contributed by atoms with van der Waals surface area (Å²) in [6.45, 7) is -1.06. The molecule has 0 aromatic heterocycles. The Kier molecular flexibility index (Phi) is 5.41. The van der Waals surface area contributed by atoms with Crippen molar-refractivity contribution in [3.8, 4) is 0 Å². The average Bonchev–Trinajstić information content (AvgIpc) is 3.42. The first-order valence-corrected chi connectivity index (χ1v) is 10.1. The normalized spacial score (nSPS) is 16.5. The third kappa shape index (κ3) is 3.17. The fourth-order valence-corrected chi connectivity index (χ4v) is 4.10. The van der Waals surface area contributed by atoms with Gasteiger partial charge in [0.25, 0.3) is 0 Å². The number of rotatable bonds is 5. The van der Waals surface area contributed by atoms with E-state index >= 15 is 0 Å². The molecule has 4 rings (SSSR count). The first kappa shape index (κ1) is 24.0. The number of anilines is 2. The SMILES string of the molecule is O=C(N1CCc2ccccc21)C(F)(F)C(F)(F)C(F)(F)C(F)(F)C(=O)N1CCc2ccccc21. The molecule has 0 saturated heterocycles. The van der Waals surface area contributed by atoms with E-state index in [1.807, 2.05) is 0 Å². The zero-order valence-corrected chi connectivity index (χ0v) is 17.2. The van der Waals surface area contributed by atoms with Crippen molar-refractivity contribution in [3.05, 3.63) is 59.7 Å². The number of para-hydroxylation sites is 2. The molecule has 0 spiro atoms. The van der Waals surface area contributed by atoms with E-state index in [9.17, 15) is 44.7 Å². The Hall–Kier alpha value is -3.18. The molecule has 0 saturated carbocycles. The maximum atomic E-state index is 14.6. The van der Waals surface area contributed by atoms with Crippen molar-refractivity contribution < 1.29 is 44.7 Å². The van der Waals surface area contributed by atoms with E-state index in [1.165, 1.54) is 36.4 Å². The number of alkyl halides is 8. The quantitative estimate of drug-likeness (QED) is 0.568. The van der Waals surface area contributed by atoms with Gasteiger partial charge in [-0.05, 0) is 36.1 Å². The molecule has 0 bridgehead atoms. The van der Waals surface area contributed by atoms with Crippen LogP contribution in [0.4, 0.5) is 46.5 Å². The molecular formula is C22H16F8N2O2. The van der Waals surface area contributed by atoms with Crippen LogP contribution in [0.25, 0.3) is 0 Å². The van der Waals surface area contributed by atoms with Crippen molar-refractivity contribution in [2.45, 2.75) is 36.5 Å². The Morgan fingerprint density at radius 2 is 0.912 bits per heavy atom. The lowest BCUT2D eigenvalue weighted by Gasteiger charge is -2.37. The van der Waals surface area contributed by atoms with Crippen LogP contribution in [-0.4, -0.2) is 48.6 Å². The van der Waals surface area contributed by atoms with E-state index in [1.54, 1.807) is 0 Å². The Morgan fingerprint density at radius 3 is 1.26 bits per heavy atom. The Bertz CT molecular complexity index is 1060. The minimum absolute atomic E-state index is 0.0248. The second kappa shape index (κ2) is 7.67. The highest BCUT2D eigenvalue weighted by Gasteiger charge is 2.85. The van der Waals surface area contributed by atoms with E-state index in [2.05, 4.69) is 0 Å². The van der Waals surface area contributed by atoms with Crippen LogP contribution in [0.5, 0.6) is 0 Å². The number of carbonyl (C=O) groups excluding carboxylic acids is 2. The molecule has 0 fully saturated rings. The fraction of sp³-hybridized carbons (Fsp3) is 0.364. The van der Waals surface area contributed by atoms with Crippen molar-refractivity contribution in [1.29, 1.82) is 0 Å². The zero-order valence-electron chi connectivity index (χ0n) is 17.2. The Balaban J connectivity index is 1.66. The summed E-state index contributed by atoms with van der Waals surface area (Å²) in [6.07, 6.45) is -0.0497. The van der Waals surface area contributed by atoms with E-state index in [0.717, 1.165) is 12.1 Å². The predicted molar refractivity (Wildman–Crippen MR) is 105 cm³/mol. The van der Waals surface area contributed by atoms with Crippen LogP contribution in [0.3, 0.4) is 0 Å². The van der Waals surface area contributed by atoms with Gasteiger partial charge in [-0.15, -0.1) is 0 Å². The number of halogens is 8. The van der Waals surface area contributed by atoms with Crippen LogP contribution in [0.15, 0.2) is 48.5 Å². The highest BCUT2D eigenvalue weighted by atomic mass is 19.4. The molecular weight excluding hydrogens is 476 g/mol. The number of amides is 2. The lowest BCUT2D eigenvalue weighted by Crippen LogP contribution is -2.69. The van der Waals surface area contributed by atoms with Gasteiger partial charge in [0.05, 0.1) is 0 Å². The number of fused-ring (bicyclic) bond motifs is 2. The molecule has 2 aliphatic heterocycles. The van der Waals surface area contributed by atoms with E-state index < -0.39 is 48.6 Å². The molecule has 12 heteroatoms. The lowest BCUT2D eigenvalue weighted by atomic mass is 9.96. The van der Waals surface area contributed by atoms with Gasteiger partial charge in [0.2, 0.25) is 0 Å². The van der Waals surface area contributed by atoms with Gasteiger partial charge >= 0.3 is 35.5 Å². The van der Waals surface area contributed by atoms with Gasteiger partial charge in [-0.2, -0.15) is 35.1 Å². The number of hydrogen-bond donors (Lipinski definition) is 0. The molecule has 2 aromatic rings. The maximum absolute atomic E-state index is 14.6. The van der Waals surface area contributed by atoms with Gasteiger partial charge < -0.3 is 9.80 Å². The average molecular weight is 492 g/mol. The van der Waals surface area contributed by atoms with Gasteiger partial charge in [-0.3, -0.25) is 9.59 Å². The summed E-state index contributed by atoms with van der Waals surface area (Å²) in [5.41, 5.74) is 0.190. The molecule has 2 aliphatic rings. The number of nitrogens with zero attached hydrogens (tertiary/aromatic N) is 2. The van der Waals surface area contributed by atoms with Gasteiger partial charge in [-0.25, -0.2) is 0 Å². The number of hydrogen-bond acceptors (Lipinski definition) is 2. The van der Waals surface area contributed by atoms with Crippen LogP contribution in [-0.2, 0) is 22.4 Å². The van der Waals surface area contributed by atoms with Crippen LogP contribution >= 0.6 is 0 Å². The van der Waals surface area contributed by atoms with Crippen molar-refractivity contribution in [2.75, 3.05) is 22.9 Å². The summed E-state index contributed by atoms with van der Waals surface area (Å²) in [4.78, 5) is 24.8. The van der Waals surface area contributed by atoms with Crippen LogP contribution < -0.4 is 9.80 Å². The summed E-state index contributed by atoms with van der Waals surface area (Å²) >= 11 is 0. The van der Waals surface area contributed by atoms with Crippen LogP contribution in [0.2, 0.25) is 0 Å². The zero-order chi connectivity index (χ0) is 25.1. The molecule has 2 heterocycles. The second-order valence-corrected chi connectivity index (χ2v) is 7.97. The topological polar surface area (TPSA) is 40.6 Å². The molecule has 182 valence electrons. The molecule has 2 aromatic carbocycles. The summed E-state index contributed by atoms with van der Waals surface area (Å²) in [5.74, 6) is -31.8. The smallest absolute Gasteiger partial charge is 0.306 e. The molecule has 0 aliphatic carbocycles.